The summed E-state index contributed by atoms with van der Waals surface area (Å²) in [6, 6.07) is 3.33. The van der Waals surface area contributed by atoms with Crippen molar-refractivity contribution in [2.45, 2.75) is 32.0 Å². The number of hydrogen-bond donors (Lipinski definition) is 2. The van der Waals surface area contributed by atoms with Gasteiger partial charge >= 0.3 is 6.09 Å². The first kappa shape index (κ1) is 18.7. The Morgan fingerprint density at radius 2 is 2.04 bits per heavy atom. The summed E-state index contributed by atoms with van der Waals surface area (Å²) in [4.78, 5) is 16.6. The first-order valence-corrected chi connectivity index (χ1v) is 8.66. The van der Waals surface area contributed by atoms with Crippen LogP contribution in [-0.2, 0) is 15.1 Å². The van der Waals surface area contributed by atoms with E-state index in [0.717, 1.165) is 23.5 Å². The maximum atomic E-state index is 13.6. The molecule has 1 aromatic carbocycles. The highest BCUT2D eigenvalue weighted by Gasteiger charge is 2.42. The number of thiazole rings is 1. The molecule has 9 heteroatoms. The number of aliphatic hydroxyl groups is 1. The van der Waals surface area contributed by atoms with E-state index in [2.05, 4.69) is 10.3 Å². The molecule has 140 valence electrons. The molecule has 0 spiro atoms. The Kier molecular flexibility index (Phi) is 4.72. The SMILES string of the molecule is CC(C)(C)OC(=O)Nc1nc(-c2ccc(F)c(F)c2)c(C2(O)COC2)s1. The minimum atomic E-state index is -1.29. The van der Waals surface area contributed by atoms with Crippen LogP contribution in [0.4, 0.5) is 18.7 Å². The van der Waals surface area contributed by atoms with E-state index in [-0.39, 0.29) is 29.6 Å². The van der Waals surface area contributed by atoms with Crippen molar-refractivity contribution in [1.82, 2.24) is 4.98 Å². The molecule has 2 aromatic rings. The minimum absolute atomic E-state index is 0.0533. The molecule has 1 amide bonds. The van der Waals surface area contributed by atoms with Crippen molar-refractivity contribution in [3.05, 3.63) is 34.7 Å². The Morgan fingerprint density at radius 1 is 1.35 bits per heavy atom. The second-order valence-corrected chi connectivity index (χ2v) is 7.98. The summed E-state index contributed by atoms with van der Waals surface area (Å²) < 4.78 is 37.1. The van der Waals surface area contributed by atoms with E-state index in [1.54, 1.807) is 20.8 Å². The number of carbonyl (C=O) groups is 1. The molecule has 1 saturated heterocycles. The lowest BCUT2D eigenvalue weighted by molar-refractivity contribution is -0.182. The molecule has 1 aromatic heterocycles. The molecule has 0 saturated carbocycles. The van der Waals surface area contributed by atoms with Crippen molar-refractivity contribution < 1.29 is 28.2 Å². The minimum Gasteiger partial charge on any atom is -0.444 e. The van der Waals surface area contributed by atoms with Gasteiger partial charge in [-0.3, -0.25) is 5.32 Å². The summed E-state index contributed by atoms with van der Waals surface area (Å²) in [5.74, 6) is -2.01. The number of nitrogens with one attached hydrogen (secondary N) is 1. The third kappa shape index (κ3) is 3.84. The van der Waals surface area contributed by atoms with Crippen LogP contribution >= 0.6 is 11.3 Å². The van der Waals surface area contributed by atoms with Crippen LogP contribution in [0.1, 0.15) is 25.6 Å². The first-order chi connectivity index (χ1) is 12.1. The van der Waals surface area contributed by atoms with Crippen molar-refractivity contribution in [3.63, 3.8) is 0 Å². The van der Waals surface area contributed by atoms with Gasteiger partial charge in [0.2, 0.25) is 0 Å². The highest BCUT2D eigenvalue weighted by molar-refractivity contribution is 7.16. The zero-order valence-corrected chi connectivity index (χ0v) is 15.2. The monoisotopic (exact) mass is 384 g/mol. The van der Waals surface area contributed by atoms with E-state index in [0.29, 0.717) is 4.88 Å². The van der Waals surface area contributed by atoms with E-state index in [1.807, 2.05) is 0 Å². The number of halogens is 2. The van der Waals surface area contributed by atoms with Crippen LogP contribution in [0.15, 0.2) is 18.2 Å². The Hall–Kier alpha value is -2.10. The van der Waals surface area contributed by atoms with E-state index in [4.69, 9.17) is 9.47 Å². The van der Waals surface area contributed by atoms with E-state index in [1.165, 1.54) is 6.07 Å². The number of benzene rings is 1. The first-order valence-electron chi connectivity index (χ1n) is 7.84. The van der Waals surface area contributed by atoms with Gasteiger partial charge in [0.25, 0.3) is 0 Å². The Labute approximate surface area is 152 Å². The van der Waals surface area contributed by atoms with Gasteiger partial charge in [-0.05, 0) is 39.0 Å². The molecule has 2 heterocycles. The molecule has 0 radical (unpaired) electrons. The van der Waals surface area contributed by atoms with Crippen molar-refractivity contribution >= 4 is 22.6 Å². The van der Waals surface area contributed by atoms with Gasteiger partial charge in [-0.2, -0.15) is 0 Å². The number of carbonyl (C=O) groups excluding carboxylic acids is 1. The zero-order valence-electron chi connectivity index (χ0n) is 14.4. The van der Waals surface area contributed by atoms with Crippen LogP contribution < -0.4 is 5.32 Å². The van der Waals surface area contributed by atoms with Crippen molar-refractivity contribution in [3.8, 4) is 11.3 Å². The number of amides is 1. The summed E-state index contributed by atoms with van der Waals surface area (Å²) in [5.41, 5.74) is -1.43. The number of rotatable bonds is 3. The molecule has 26 heavy (non-hydrogen) atoms. The summed E-state index contributed by atoms with van der Waals surface area (Å²) in [7, 11) is 0. The second kappa shape index (κ2) is 6.57. The normalized spacial score (nSPS) is 16.1. The van der Waals surface area contributed by atoms with Gasteiger partial charge in [-0.15, -0.1) is 0 Å². The average Bonchev–Trinajstić information content (AvgIpc) is 2.89. The van der Waals surface area contributed by atoms with Crippen molar-refractivity contribution in [2.75, 3.05) is 18.5 Å². The molecule has 0 unspecified atom stereocenters. The summed E-state index contributed by atoms with van der Waals surface area (Å²) in [6.07, 6.45) is -0.702. The van der Waals surface area contributed by atoms with Gasteiger partial charge in [0.15, 0.2) is 16.8 Å². The Morgan fingerprint density at radius 3 is 2.58 bits per heavy atom. The molecular weight excluding hydrogens is 366 g/mol. The molecule has 1 fully saturated rings. The van der Waals surface area contributed by atoms with Gasteiger partial charge in [-0.1, -0.05) is 11.3 Å². The number of nitrogens with zero attached hydrogens (tertiary/aromatic N) is 1. The smallest absolute Gasteiger partial charge is 0.413 e. The van der Waals surface area contributed by atoms with Crippen LogP contribution in [-0.4, -0.2) is 35.0 Å². The fourth-order valence-corrected chi connectivity index (χ4v) is 3.38. The fraction of sp³-hybridized carbons (Fsp3) is 0.412. The summed E-state index contributed by atoms with van der Waals surface area (Å²) in [6.45, 7) is 5.28. The van der Waals surface area contributed by atoms with E-state index >= 15 is 0 Å². The second-order valence-electron chi connectivity index (χ2n) is 6.98. The van der Waals surface area contributed by atoms with Crippen LogP contribution in [0.5, 0.6) is 0 Å². The van der Waals surface area contributed by atoms with Gasteiger partial charge in [0.05, 0.1) is 23.8 Å². The van der Waals surface area contributed by atoms with E-state index < -0.39 is 28.9 Å². The topological polar surface area (TPSA) is 80.7 Å². The number of anilines is 1. The number of hydrogen-bond acceptors (Lipinski definition) is 6. The van der Waals surface area contributed by atoms with Crippen molar-refractivity contribution in [1.29, 1.82) is 0 Å². The molecule has 0 atom stereocenters. The lowest BCUT2D eigenvalue weighted by Crippen LogP contribution is -2.46. The third-order valence-corrected chi connectivity index (χ3v) is 4.70. The molecule has 0 bridgehead atoms. The van der Waals surface area contributed by atoms with Crippen LogP contribution in [0, 0.1) is 11.6 Å². The predicted octanol–water partition coefficient (Wildman–Crippen LogP) is 3.65. The quantitative estimate of drug-likeness (QED) is 0.844. The van der Waals surface area contributed by atoms with Crippen molar-refractivity contribution in [2.24, 2.45) is 0 Å². The maximum absolute atomic E-state index is 13.6. The summed E-state index contributed by atoms with van der Waals surface area (Å²) >= 11 is 1.03. The van der Waals surface area contributed by atoms with Crippen LogP contribution in [0.3, 0.4) is 0 Å². The van der Waals surface area contributed by atoms with Gasteiger partial charge in [0.1, 0.15) is 11.2 Å². The average molecular weight is 384 g/mol. The molecule has 1 aliphatic heterocycles. The highest BCUT2D eigenvalue weighted by Crippen LogP contribution is 2.42. The van der Waals surface area contributed by atoms with Gasteiger partial charge in [-0.25, -0.2) is 18.6 Å². The zero-order chi connectivity index (χ0) is 19.1. The largest absolute Gasteiger partial charge is 0.444 e. The molecule has 6 nitrogen and oxygen atoms in total. The van der Waals surface area contributed by atoms with Crippen LogP contribution in [0.25, 0.3) is 11.3 Å². The molecule has 2 N–H and O–H groups in total. The maximum Gasteiger partial charge on any atom is 0.413 e. The van der Waals surface area contributed by atoms with Gasteiger partial charge in [0, 0.05) is 5.56 Å². The lowest BCUT2D eigenvalue weighted by Gasteiger charge is -2.35. The summed E-state index contributed by atoms with van der Waals surface area (Å²) in [5, 5.41) is 13.3. The Balaban J connectivity index is 1.96. The number of aromatic nitrogens is 1. The molecule has 1 aliphatic rings. The molecular formula is C17H18F2N2O4S. The van der Waals surface area contributed by atoms with Gasteiger partial charge < -0.3 is 14.6 Å². The van der Waals surface area contributed by atoms with E-state index in [9.17, 15) is 18.7 Å². The predicted molar refractivity (Wildman–Crippen MR) is 92.0 cm³/mol. The molecule has 3 rings (SSSR count). The van der Waals surface area contributed by atoms with Crippen LogP contribution in [0.2, 0.25) is 0 Å². The third-order valence-electron chi connectivity index (χ3n) is 3.53. The highest BCUT2D eigenvalue weighted by atomic mass is 32.1. The fourth-order valence-electron chi connectivity index (χ4n) is 2.35. The lowest BCUT2D eigenvalue weighted by atomic mass is 9.96. The number of ether oxygens (including phenoxy) is 2. The standard InChI is InChI=1S/C17H18F2N2O4S/c1-16(2,3)25-15(22)21-14-20-12(9-4-5-10(18)11(19)6-9)13(26-14)17(23)7-24-8-17/h4-6,23H,7-8H2,1-3H3,(H,20,21,22). The Bertz CT molecular complexity index is 844. The molecule has 0 aliphatic carbocycles.